The molecule has 0 bridgehead atoms. The number of halogens is 1. The Morgan fingerprint density at radius 1 is 1.03 bits per heavy atom. The fraction of sp³-hybridized carbons (Fsp3) is 0.417. The van der Waals surface area contributed by atoms with Crippen molar-refractivity contribution in [2.45, 2.75) is 26.2 Å². The molecule has 1 amide bonds. The molecule has 6 nitrogen and oxygen atoms in total. The number of amides is 1. The van der Waals surface area contributed by atoms with Gasteiger partial charge in [-0.15, -0.1) is 24.0 Å². The molecule has 0 heterocycles. The van der Waals surface area contributed by atoms with Gasteiger partial charge in [0.15, 0.2) is 5.96 Å². The number of hydrogen-bond donors (Lipinski definition) is 2. The largest absolute Gasteiger partial charge is 0.497 e. The lowest BCUT2D eigenvalue weighted by atomic mass is 10.1. The molecule has 2 aromatic carbocycles. The van der Waals surface area contributed by atoms with E-state index in [4.69, 9.17) is 4.74 Å². The summed E-state index contributed by atoms with van der Waals surface area (Å²) in [5.74, 6) is 1.73. The van der Waals surface area contributed by atoms with E-state index in [1.165, 1.54) is 5.56 Å². The van der Waals surface area contributed by atoms with Crippen LogP contribution in [-0.4, -0.2) is 57.6 Å². The van der Waals surface area contributed by atoms with E-state index in [-0.39, 0.29) is 29.9 Å². The van der Waals surface area contributed by atoms with Gasteiger partial charge in [0.1, 0.15) is 5.75 Å². The molecule has 31 heavy (non-hydrogen) atoms. The van der Waals surface area contributed by atoms with Gasteiger partial charge in [0, 0.05) is 39.3 Å². The molecule has 2 aromatic rings. The van der Waals surface area contributed by atoms with E-state index < -0.39 is 0 Å². The third-order valence-corrected chi connectivity index (χ3v) is 4.68. The van der Waals surface area contributed by atoms with Gasteiger partial charge >= 0.3 is 0 Å². The average Bonchev–Trinajstić information content (AvgIpc) is 2.76. The highest BCUT2D eigenvalue weighted by molar-refractivity contribution is 14.0. The Balaban J connectivity index is 0.00000480. The number of nitrogens with zero attached hydrogens (tertiary/aromatic N) is 2. The summed E-state index contributed by atoms with van der Waals surface area (Å²) in [6.45, 7) is 4.39. The third-order valence-electron chi connectivity index (χ3n) is 4.68. The molecule has 0 aliphatic heterocycles. The second-order valence-corrected chi connectivity index (χ2v) is 7.29. The van der Waals surface area contributed by atoms with Crippen molar-refractivity contribution in [3.05, 3.63) is 65.2 Å². The maximum absolute atomic E-state index is 12.1. The van der Waals surface area contributed by atoms with E-state index in [1.54, 1.807) is 26.1 Å². The molecule has 2 rings (SSSR count). The maximum Gasteiger partial charge on any atom is 0.253 e. The number of nitrogens with one attached hydrogen (secondary N) is 2. The number of ether oxygens (including phenoxy) is 1. The molecule has 170 valence electrons. The number of aliphatic imine (C=N–C) groups is 1. The van der Waals surface area contributed by atoms with Crippen LogP contribution >= 0.6 is 24.0 Å². The highest BCUT2D eigenvalue weighted by atomic mass is 127. The van der Waals surface area contributed by atoms with Crippen LogP contribution in [0.5, 0.6) is 5.75 Å². The predicted octanol–water partition coefficient (Wildman–Crippen LogP) is 3.75. The molecule has 0 aromatic heterocycles. The number of benzene rings is 2. The lowest BCUT2D eigenvalue weighted by molar-refractivity contribution is 0.0827. The van der Waals surface area contributed by atoms with E-state index in [0.717, 1.165) is 61.7 Å². The van der Waals surface area contributed by atoms with E-state index >= 15 is 0 Å². The van der Waals surface area contributed by atoms with Crippen LogP contribution in [0.4, 0.5) is 0 Å². The van der Waals surface area contributed by atoms with Crippen LogP contribution < -0.4 is 15.4 Å². The molecule has 0 fully saturated rings. The second kappa shape index (κ2) is 14.7. The zero-order chi connectivity index (χ0) is 21.8. The summed E-state index contributed by atoms with van der Waals surface area (Å²) in [5, 5.41) is 6.67. The number of carbonyl (C=O) groups excluding carboxylic acids is 1. The fourth-order valence-corrected chi connectivity index (χ4v) is 3.05. The molecule has 0 unspecified atom stereocenters. The summed E-state index contributed by atoms with van der Waals surface area (Å²) < 4.78 is 5.19. The zero-order valence-electron chi connectivity index (χ0n) is 19.0. The monoisotopic (exact) mass is 538 g/mol. The van der Waals surface area contributed by atoms with Gasteiger partial charge in [0.25, 0.3) is 5.91 Å². The number of guanidine groups is 1. The molecular weight excluding hydrogens is 503 g/mol. The van der Waals surface area contributed by atoms with Gasteiger partial charge in [0.2, 0.25) is 0 Å². The summed E-state index contributed by atoms with van der Waals surface area (Å²) in [6.07, 6.45) is 2.79. The van der Waals surface area contributed by atoms with E-state index in [0.29, 0.717) is 0 Å². The van der Waals surface area contributed by atoms with Gasteiger partial charge < -0.3 is 20.3 Å². The van der Waals surface area contributed by atoms with E-state index in [9.17, 15) is 4.79 Å². The summed E-state index contributed by atoms with van der Waals surface area (Å²) >= 11 is 0. The van der Waals surface area contributed by atoms with Crippen LogP contribution in [0.1, 0.15) is 34.8 Å². The Bertz CT molecular complexity index is 823. The van der Waals surface area contributed by atoms with Gasteiger partial charge in [-0.05, 0) is 61.6 Å². The van der Waals surface area contributed by atoms with Crippen molar-refractivity contribution >= 4 is 35.8 Å². The van der Waals surface area contributed by atoms with Crippen molar-refractivity contribution in [1.82, 2.24) is 15.5 Å². The molecule has 0 aliphatic rings. The lowest BCUT2D eigenvalue weighted by Gasteiger charge is -2.13. The molecule has 0 saturated heterocycles. The Kier molecular flexibility index (Phi) is 12.7. The van der Waals surface area contributed by atoms with Crippen LogP contribution in [0, 0.1) is 0 Å². The Morgan fingerprint density at radius 2 is 1.77 bits per heavy atom. The topological polar surface area (TPSA) is 66.0 Å². The van der Waals surface area contributed by atoms with Crippen LogP contribution in [0.25, 0.3) is 0 Å². The summed E-state index contributed by atoms with van der Waals surface area (Å²) in [6, 6.07) is 16.0. The zero-order valence-corrected chi connectivity index (χ0v) is 21.3. The summed E-state index contributed by atoms with van der Waals surface area (Å²) in [4.78, 5) is 18.4. The average molecular weight is 538 g/mol. The molecule has 7 heteroatoms. The molecular formula is C24H35IN4O2. The number of carbonyl (C=O) groups is 1. The van der Waals surface area contributed by atoms with Crippen molar-refractivity contribution in [2.24, 2.45) is 4.99 Å². The van der Waals surface area contributed by atoms with E-state index in [2.05, 4.69) is 34.7 Å². The number of aryl methyl sites for hydroxylation is 1. The molecule has 2 N–H and O–H groups in total. The number of methoxy groups -OCH3 is 1. The van der Waals surface area contributed by atoms with Crippen LogP contribution in [0.15, 0.2) is 53.5 Å². The van der Waals surface area contributed by atoms with Gasteiger partial charge in [-0.2, -0.15) is 0 Å². The molecule has 0 saturated carbocycles. The van der Waals surface area contributed by atoms with Crippen LogP contribution in [-0.2, 0) is 12.8 Å². The predicted molar refractivity (Wildman–Crippen MR) is 139 cm³/mol. The SMILES string of the molecule is CCNC(=NCCCc1ccc(OC)cc1)NCCc1cccc(C(=O)N(C)C)c1.I. The van der Waals surface area contributed by atoms with Gasteiger partial charge in [-0.1, -0.05) is 24.3 Å². The molecule has 0 atom stereocenters. The fourth-order valence-electron chi connectivity index (χ4n) is 3.05. The Labute approximate surface area is 203 Å². The van der Waals surface area contributed by atoms with Crippen molar-refractivity contribution in [2.75, 3.05) is 40.8 Å². The normalized spacial score (nSPS) is 10.8. The second-order valence-electron chi connectivity index (χ2n) is 7.29. The first kappa shape index (κ1) is 26.7. The van der Waals surface area contributed by atoms with Crippen molar-refractivity contribution in [1.29, 1.82) is 0 Å². The minimum absolute atomic E-state index is 0. The third kappa shape index (κ3) is 9.59. The molecule has 0 spiro atoms. The van der Waals surface area contributed by atoms with Crippen LogP contribution in [0.2, 0.25) is 0 Å². The first-order valence-electron chi connectivity index (χ1n) is 10.5. The lowest BCUT2D eigenvalue weighted by Crippen LogP contribution is -2.38. The first-order chi connectivity index (χ1) is 14.5. The van der Waals surface area contributed by atoms with Crippen LogP contribution in [0.3, 0.4) is 0 Å². The highest BCUT2D eigenvalue weighted by Gasteiger charge is 2.08. The van der Waals surface area contributed by atoms with Crippen molar-refractivity contribution in [3.63, 3.8) is 0 Å². The Morgan fingerprint density at radius 3 is 2.42 bits per heavy atom. The Hall–Kier alpha value is -2.29. The highest BCUT2D eigenvalue weighted by Crippen LogP contribution is 2.12. The standard InChI is InChI=1S/C24H34N4O2.HI/c1-5-25-24(26-16-7-9-19-11-13-22(30-4)14-12-19)27-17-15-20-8-6-10-21(18-20)23(29)28(2)3;/h6,8,10-14,18H,5,7,9,15-17H2,1-4H3,(H2,25,26,27);1H. The molecule has 0 radical (unpaired) electrons. The number of rotatable bonds is 10. The van der Waals surface area contributed by atoms with Crippen molar-refractivity contribution < 1.29 is 9.53 Å². The van der Waals surface area contributed by atoms with Gasteiger partial charge in [-0.25, -0.2) is 0 Å². The quantitative estimate of drug-likeness (QED) is 0.209. The first-order valence-corrected chi connectivity index (χ1v) is 10.5. The smallest absolute Gasteiger partial charge is 0.253 e. The van der Waals surface area contributed by atoms with Gasteiger partial charge in [-0.3, -0.25) is 9.79 Å². The maximum atomic E-state index is 12.1. The molecule has 0 aliphatic carbocycles. The summed E-state index contributed by atoms with van der Waals surface area (Å²) in [7, 11) is 5.22. The minimum Gasteiger partial charge on any atom is -0.497 e. The minimum atomic E-state index is 0. The van der Waals surface area contributed by atoms with Crippen molar-refractivity contribution in [3.8, 4) is 5.75 Å². The number of hydrogen-bond acceptors (Lipinski definition) is 3. The van der Waals surface area contributed by atoms with Gasteiger partial charge in [0.05, 0.1) is 7.11 Å². The van der Waals surface area contributed by atoms with E-state index in [1.807, 2.05) is 36.4 Å². The summed E-state index contributed by atoms with van der Waals surface area (Å²) in [5.41, 5.74) is 3.14.